The minimum absolute atomic E-state index is 0.711. The Labute approximate surface area is 136 Å². The number of fused-ring (bicyclic) bond motifs is 1. The zero-order chi connectivity index (χ0) is 15.5. The van der Waals surface area contributed by atoms with E-state index in [0.29, 0.717) is 5.88 Å². The predicted octanol–water partition coefficient (Wildman–Crippen LogP) is 4.35. The predicted molar refractivity (Wildman–Crippen MR) is 89.8 cm³/mol. The first-order valence-corrected chi connectivity index (χ1v) is 8.02. The highest BCUT2D eigenvalue weighted by Gasteiger charge is 2.18. The number of rotatable bonds is 4. The number of aryl methyl sites for hydroxylation is 1. The number of hydrogen-bond donors (Lipinski definition) is 0. The van der Waals surface area contributed by atoms with Crippen LogP contribution in [0.3, 0.4) is 0 Å². The third kappa shape index (κ3) is 3.09. The van der Waals surface area contributed by atoms with Gasteiger partial charge in [0.25, 0.3) is 0 Å². The molecule has 0 aliphatic heterocycles. The second kappa shape index (κ2) is 6.21. The van der Waals surface area contributed by atoms with E-state index >= 15 is 0 Å². The number of ether oxygens (including phenoxy) is 1. The standard InChI is InChI=1S/C20H18N2O/c1-2-5-15(6-3-1)13-16-9-11-17(12-10-16)23-20-18-7-4-8-19(18)21-14-22-20/h1-3,5-6,9-12,14H,4,7-8,13H2. The van der Waals surface area contributed by atoms with Gasteiger partial charge in [-0.25, -0.2) is 9.97 Å². The van der Waals surface area contributed by atoms with Crippen LogP contribution in [0.15, 0.2) is 60.9 Å². The largest absolute Gasteiger partial charge is 0.439 e. The maximum absolute atomic E-state index is 5.98. The van der Waals surface area contributed by atoms with Crippen LogP contribution < -0.4 is 4.74 Å². The van der Waals surface area contributed by atoms with Gasteiger partial charge in [0.1, 0.15) is 12.1 Å². The Kier molecular flexibility index (Phi) is 3.76. The molecule has 4 rings (SSSR count). The molecule has 3 aromatic rings. The lowest BCUT2D eigenvalue weighted by Gasteiger charge is -2.09. The first-order chi connectivity index (χ1) is 11.4. The lowest BCUT2D eigenvalue weighted by Crippen LogP contribution is -1.97. The Morgan fingerprint density at radius 2 is 1.61 bits per heavy atom. The summed E-state index contributed by atoms with van der Waals surface area (Å²) in [7, 11) is 0. The second-order valence-electron chi connectivity index (χ2n) is 5.87. The van der Waals surface area contributed by atoms with Crippen molar-refractivity contribution in [3.8, 4) is 11.6 Å². The first-order valence-electron chi connectivity index (χ1n) is 8.02. The molecule has 0 saturated heterocycles. The van der Waals surface area contributed by atoms with Crippen molar-refractivity contribution in [2.24, 2.45) is 0 Å². The molecule has 0 spiro atoms. The molecule has 114 valence electrons. The molecule has 2 aromatic carbocycles. The summed E-state index contributed by atoms with van der Waals surface area (Å²) in [6, 6.07) is 18.7. The van der Waals surface area contributed by atoms with Crippen LogP contribution >= 0.6 is 0 Å². The molecule has 0 bridgehead atoms. The molecule has 1 aromatic heterocycles. The van der Waals surface area contributed by atoms with E-state index in [1.54, 1.807) is 6.33 Å². The van der Waals surface area contributed by atoms with Gasteiger partial charge in [-0.2, -0.15) is 0 Å². The molecule has 0 N–H and O–H groups in total. The lowest BCUT2D eigenvalue weighted by molar-refractivity contribution is 0.455. The van der Waals surface area contributed by atoms with Crippen LogP contribution in [0, 0.1) is 0 Å². The molecule has 0 radical (unpaired) electrons. The van der Waals surface area contributed by atoms with Gasteiger partial charge in [0.05, 0.1) is 5.69 Å². The molecule has 0 fully saturated rings. The molecule has 1 aliphatic carbocycles. The van der Waals surface area contributed by atoms with Crippen LogP contribution in [0.2, 0.25) is 0 Å². The molecular formula is C20H18N2O. The fourth-order valence-electron chi connectivity index (χ4n) is 3.04. The SMILES string of the molecule is c1ccc(Cc2ccc(Oc3ncnc4c3CCC4)cc2)cc1. The van der Waals surface area contributed by atoms with Gasteiger partial charge in [0.15, 0.2) is 0 Å². The minimum Gasteiger partial charge on any atom is -0.439 e. The number of hydrogen-bond acceptors (Lipinski definition) is 3. The van der Waals surface area contributed by atoms with Gasteiger partial charge in [-0.15, -0.1) is 0 Å². The van der Waals surface area contributed by atoms with Crippen LogP contribution in [0.4, 0.5) is 0 Å². The highest BCUT2D eigenvalue weighted by atomic mass is 16.5. The minimum atomic E-state index is 0.711. The molecule has 3 nitrogen and oxygen atoms in total. The van der Waals surface area contributed by atoms with Crippen LogP contribution in [0.1, 0.15) is 28.8 Å². The molecular weight excluding hydrogens is 284 g/mol. The Morgan fingerprint density at radius 1 is 0.826 bits per heavy atom. The topological polar surface area (TPSA) is 35.0 Å². The number of nitrogens with zero attached hydrogens (tertiary/aromatic N) is 2. The van der Waals surface area contributed by atoms with Gasteiger partial charge < -0.3 is 4.74 Å². The van der Waals surface area contributed by atoms with E-state index in [2.05, 4.69) is 46.4 Å². The van der Waals surface area contributed by atoms with Crippen LogP contribution in [0.5, 0.6) is 11.6 Å². The molecule has 0 saturated carbocycles. The zero-order valence-electron chi connectivity index (χ0n) is 12.9. The normalized spacial score (nSPS) is 12.9. The maximum Gasteiger partial charge on any atom is 0.225 e. The summed E-state index contributed by atoms with van der Waals surface area (Å²) in [4.78, 5) is 8.63. The monoisotopic (exact) mass is 302 g/mol. The Morgan fingerprint density at radius 3 is 2.43 bits per heavy atom. The zero-order valence-corrected chi connectivity index (χ0v) is 12.9. The summed E-state index contributed by atoms with van der Waals surface area (Å²) in [5.74, 6) is 1.54. The van der Waals surface area contributed by atoms with Crippen LogP contribution in [-0.4, -0.2) is 9.97 Å². The van der Waals surface area contributed by atoms with Crippen molar-refractivity contribution in [2.75, 3.05) is 0 Å². The molecule has 0 amide bonds. The highest BCUT2D eigenvalue weighted by molar-refractivity contribution is 5.38. The van der Waals surface area contributed by atoms with Gasteiger partial charge >= 0.3 is 0 Å². The van der Waals surface area contributed by atoms with E-state index in [4.69, 9.17) is 4.74 Å². The van der Waals surface area contributed by atoms with Gasteiger partial charge in [-0.1, -0.05) is 42.5 Å². The van der Waals surface area contributed by atoms with Crippen molar-refractivity contribution in [2.45, 2.75) is 25.7 Å². The van der Waals surface area contributed by atoms with E-state index in [1.165, 1.54) is 16.7 Å². The summed E-state index contributed by atoms with van der Waals surface area (Å²) in [6.45, 7) is 0. The van der Waals surface area contributed by atoms with E-state index < -0.39 is 0 Å². The van der Waals surface area contributed by atoms with Crippen molar-refractivity contribution in [1.82, 2.24) is 9.97 Å². The fourth-order valence-corrected chi connectivity index (χ4v) is 3.04. The average Bonchev–Trinajstić information content (AvgIpc) is 3.07. The number of aromatic nitrogens is 2. The first kappa shape index (κ1) is 13.9. The number of benzene rings is 2. The van der Waals surface area contributed by atoms with Crippen molar-refractivity contribution >= 4 is 0 Å². The van der Waals surface area contributed by atoms with Crippen molar-refractivity contribution in [1.29, 1.82) is 0 Å². The quantitative estimate of drug-likeness (QED) is 0.718. The van der Waals surface area contributed by atoms with Crippen molar-refractivity contribution in [3.05, 3.63) is 83.3 Å². The fraction of sp³-hybridized carbons (Fsp3) is 0.200. The summed E-state index contributed by atoms with van der Waals surface area (Å²) in [5, 5.41) is 0. The lowest BCUT2D eigenvalue weighted by atomic mass is 10.1. The van der Waals surface area contributed by atoms with Crippen molar-refractivity contribution in [3.63, 3.8) is 0 Å². The molecule has 23 heavy (non-hydrogen) atoms. The molecule has 3 heteroatoms. The summed E-state index contributed by atoms with van der Waals surface area (Å²) in [6.07, 6.45) is 5.72. The Balaban J connectivity index is 1.50. The van der Waals surface area contributed by atoms with Gasteiger partial charge in [0, 0.05) is 5.56 Å². The Bertz CT molecular complexity index is 798. The van der Waals surface area contributed by atoms with E-state index in [1.807, 2.05) is 18.2 Å². The highest BCUT2D eigenvalue weighted by Crippen LogP contribution is 2.30. The van der Waals surface area contributed by atoms with Gasteiger partial charge in [-0.05, 0) is 48.9 Å². The van der Waals surface area contributed by atoms with Gasteiger partial charge in [-0.3, -0.25) is 0 Å². The molecule has 1 heterocycles. The average molecular weight is 302 g/mol. The maximum atomic E-state index is 5.98. The third-order valence-electron chi connectivity index (χ3n) is 4.22. The van der Waals surface area contributed by atoms with Crippen LogP contribution in [0.25, 0.3) is 0 Å². The third-order valence-corrected chi connectivity index (χ3v) is 4.22. The van der Waals surface area contributed by atoms with Crippen LogP contribution in [-0.2, 0) is 19.3 Å². The van der Waals surface area contributed by atoms with E-state index in [9.17, 15) is 0 Å². The summed E-state index contributed by atoms with van der Waals surface area (Å²) < 4.78 is 5.98. The van der Waals surface area contributed by atoms with Gasteiger partial charge in [0.2, 0.25) is 5.88 Å². The van der Waals surface area contributed by atoms with E-state index in [-0.39, 0.29) is 0 Å². The summed E-state index contributed by atoms with van der Waals surface area (Å²) >= 11 is 0. The van der Waals surface area contributed by atoms with E-state index in [0.717, 1.165) is 37.1 Å². The molecule has 1 aliphatic rings. The Hall–Kier alpha value is -2.68. The van der Waals surface area contributed by atoms with Crippen molar-refractivity contribution < 1.29 is 4.74 Å². The molecule has 0 unspecified atom stereocenters. The molecule has 0 atom stereocenters. The second-order valence-corrected chi connectivity index (χ2v) is 5.87. The summed E-state index contributed by atoms with van der Waals surface area (Å²) in [5.41, 5.74) is 4.89. The smallest absolute Gasteiger partial charge is 0.225 e.